The fourth-order valence-electron chi connectivity index (χ4n) is 4.59. The lowest BCUT2D eigenvalue weighted by molar-refractivity contribution is 0.281. The summed E-state index contributed by atoms with van der Waals surface area (Å²) < 4.78 is 33.0. The van der Waals surface area contributed by atoms with Gasteiger partial charge in [-0.15, -0.1) is 0 Å². The second-order valence-electron chi connectivity index (χ2n) is 11.7. The molecule has 0 aromatic carbocycles. The first kappa shape index (κ1) is 32.0. The molecule has 13 heteroatoms. The van der Waals surface area contributed by atoms with Gasteiger partial charge < -0.3 is 32.0 Å². The van der Waals surface area contributed by atoms with Gasteiger partial charge in [-0.3, -0.25) is 0 Å². The molecule has 0 fully saturated rings. The Morgan fingerprint density at radius 1 is 0.581 bits per heavy atom. The van der Waals surface area contributed by atoms with E-state index < -0.39 is 50.9 Å². The quantitative estimate of drug-likeness (QED) is 0.280. The van der Waals surface area contributed by atoms with Crippen molar-refractivity contribution in [2.45, 2.75) is 110 Å². The van der Waals surface area contributed by atoms with Crippen LogP contribution < -0.4 is 11.5 Å². The van der Waals surface area contributed by atoms with E-state index in [0.29, 0.717) is 6.54 Å². The van der Waals surface area contributed by atoms with Gasteiger partial charge in [0.15, 0.2) is 16.6 Å². The maximum absolute atomic E-state index is 6.62. The van der Waals surface area contributed by atoms with Gasteiger partial charge in [-0.2, -0.15) is 0 Å². The van der Waals surface area contributed by atoms with E-state index >= 15 is 0 Å². The van der Waals surface area contributed by atoms with E-state index in [0.717, 1.165) is 18.5 Å². The van der Waals surface area contributed by atoms with E-state index in [2.05, 4.69) is 78.6 Å². The van der Waals surface area contributed by atoms with E-state index in [1.807, 2.05) is 6.92 Å². The number of hydrogen-bond donors (Lipinski definition) is 2. The number of rotatable bonds is 15. The second-order valence-corrected chi connectivity index (χ2v) is 34.9. The number of nitrogens with two attached hydrogens (primary N) is 2. The minimum Gasteiger partial charge on any atom is -0.436 e. The second kappa shape index (κ2) is 11.6. The van der Waals surface area contributed by atoms with Gasteiger partial charge in [0.2, 0.25) is 0 Å². The lowest BCUT2D eigenvalue weighted by atomic mass is 10.4. The van der Waals surface area contributed by atoms with Gasteiger partial charge >= 0.3 is 34.2 Å². The lowest BCUT2D eigenvalue weighted by Gasteiger charge is -2.43. The van der Waals surface area contributed by atoms with Crippen molar-refractivity contribution in [1.29, 1.82) is 0 Å². The Morgan fingerprint density at radius 2 is 0.903 bits per heavy atom. The van der Waals surface area contributed by atoms with Crippen molar-refractivity contribution in [2.24, 2.45) is 11.5 Å². The van der Waals surface area contributed by atoms with E-state index in [4.69, 9.17) is 32.0 Å². The monoisotopic (exact) mass is 544 g/mol. The highest BCUT2D eigenvalue weighted by Crippen LogP contribution is 2.29. The Kier molecular flexibility index (Phi) is 12.0. The molecule has 0 aliphatic rings. The highest BCUT2D eigenvalue weighted by molar-refractivity contribution is 6.91. The summed E-state index contributed by atoms with van der Waals surface area (Å²) in [6.45, 7) is 28.5. The number of hydrogen-bond acceptors (Lipinski definition) is 7. The van der Waals surface area contributed by atoms with Crippen molar-refractivity contribution in [1.82, 2.24) is 0 Å². The van der Waals surface area contributed by atoms with E-state index in [1.54, 1.807) is 0 Å². The van der Waals surface area contributed by atoms with Crippen LogP contribution in [0.4, 0.5) is 0 Å². The summed E-state index contributed by atoms with van der Waals surface area (Å²) in [5.41, 5.74) is 11.7. The molecular formula is C18H52N2O5Si6. The third kappa shape index (κ3) is 15.5. The van der Waals surface area contributed by atoms with Crippen LogP contribution in [0.25, 0.3) is 0 Å². The molecule has 0 rings (SSSR count). The largest absolute Gasteiger partial charge is 0.436 e. The molecule has 0 aliphatic carbocycles. The summed E-state index contributed by atoms with van der Waals surface area (Å²) in [7, 11) is -13.3. The molecule has 0 radical (unpaired) electrons. The molecule has 7 nitrogen and oxygen atoms in total. The Balaban J connectivity index is 5.13. The third-order valence-corrected chi connectivity index (χ3v) is 27.7. The average Bonchev–Trinajstić information content (AvgIpc) is 2.35. The van der Waals surface area contributed by atoms with E-state index in [9.17, 15) is 0 Å². The summed E-state index contributed by atoms with van der Waals surface area (Å²) in [5.74, 6) is 0. The molecule has 0 aliphatic heterocycles. The average molecular weight is 545 g/mol. The molecular weight excluding hydrogens is 493 g/mol. The standard InChI is InChI=1S/C18H52N2O5Si6/c1-18(20)17-27(4,5)22-29(8,9)24-31(12,13)25-30(10,11)23-28(6,7)21-26(2,3)16-14-15-19/h18H,14-17,19-20H2,1-13H3. The zero-order chi connectivity index (χ0) is 24.9. The Labute approximate surface area is 199 Å². The summed E-state index contributed by atoms with van der Waals surface area (Å²) >= 11 is 0. The Morgan fingerprint density at radius 3 is 1.23 bits per heavy atom. The first-order valence-corrected chi connectivity index (χ1v) is 29.0. The molecule has 0 saturated carbocycles. The first-order valence-electron chi connectivity index (χ1n) is 11.5. The maximum atomic E-state index is 6.62. The molecule has 0 aromatic rings. The maximum Gasteiger partial charge on any atom is 0.314 e. The Bertz CT molecular complexity index is 560. The third-order valence-electron chi connectivity index (χ3n) is 4.32. The van der Waals surface area contributed by atoms with Crippen molar-refractivity contribution < 1.29 is 20.6 Å². The minimum atomic E-state index is -2.47. The first-order chi connectivity index (χ1) is 13.5. The molecule has 1 unspecified atom stereocenters. The molecule has 0 spiro atoms. The predicted octanol–water partition coefficient (Wildman–Crippen LogP) is 4.98. The smallest absolute Gasteiger partial charge is 0.314 e. The molecule has 0 bridgehead atoms. The summed E-state index contributed by atoms with van der Waals surface area (Å²) in [5, 5.41) is 0. The van der Waals surface area contributed by atoms with Crippen LogP contribution >= 0.6 is 0 Å². The predicted molar refractivity (Wildman–Crippen MR) is 147 cm³/mol. The molecule has 0 heterocycles. The zero-order valence-corrected chi connectivity index (χ0v) is 28.6. The fourth-order valence-corrected chi connectivity index (χ4v) is 35.0. The van der Waals surface area contributed by atoms with Crippen LogP contribution in [0, 0.1) is 0 Å². The van der Waals surface area contributed by atoms with Crippen molar-refractivity contribution >= 4 is 50.9 Å². The summed E-state index contributed by atoms with van der Waals surface area (Å²) in [4.78, 5) is 0. The van der Waals surface area contributed by atoms with Gasteiger partial charge in [0.1, 0.15) is 0 Å². The molecule has 0 saturated heterocycles. The highest BCUT2D eigenvalue weighted by Gasteiger charge is 2.47. The lowest BCUT2D eigenvalue weighted by Crippen LogP contribution is -2.60. The van der Waals surface area contributed by atoms with E-state index in [1.165, 1.54) is 0 Å². The fraction of sp³-hybridized carbons (Fsp3) is 1.00. The van der Waals surface area contributed by atoms with Crippen molar-refractivity contribution in [3.63, 3.8) is 0 Å². The van der Waals surface area contributed by atoms with Gasteiger partial charge in [-0.1, -0.05) is 6.92 Å². The topological polar surface area (TPSA) is 98.2 Å². The minimum absolute atomic E-state index is 0.137. The molecule has 0 amide bonds. The zero-order valence-electron chi connectivity index (χ0n) is 22.6. The van der Waals surface area contributed by atoms with Crippen molar-refractivity contribution in [2.75, 3.05) is 6.54 Å². The van der Waals surface area contributed by atoms with Crippen LogP contribution in [0.2, 0.25) is 90.7 Å². The van der Waals surface area contributed by atoms with E-state index in [-0.39, 0.29) is 6.04 Å². The van der Waals surface area contributed by atoms with Crippen LogP contribution in [0.1, 0.15) is 13.3 Å². The normalized spacial score (nSPS) is 16.0. The van der Waals surface area contributed by atoms with Gasteiger partial charge in [0, 0.05) is 6.04 Å². The SMILES string of the molecule is CC(N)C[Si](C)(C)O[Si](C)(C)O[Si](C)(C)O[Si](C)(C)O[Si](C)(C)O[Si](C)(C)CCCN. The van der Waals surface area contributed by atoms with Gasteiger partial charge in [-0.05, 0) is 104 Å². The van der Waals surface area contributed by atoms with Crippen molar-refractivity contribution in [3.8, 4) is 0 Å². The Hall–Kier alpha value is 1.02. The van der Waals surface area contributed by atoms with Gasteiger partial charge in [0.05, 0.1) is 0 Å². The summed E-state index contributed by atoms with van der Waals surface area (Å²) in [6, 6.07) is 2.10. The van der Waals surface area contributed by atoms with Crippen LogP contribution in [0.5, 0.6) is 0 Å². The van der Waals surface area contributed by atoms with Crippen molar-refractivity contribution in [3.05, 3.63) is 0 Å². The van der Waals surface area contributed by atoms with Crippen LogP contribution in [-0.2, 0) is 20.6 Å². The highest BCUT2D eigenvalue weighted by atomic mass is 28.5. The van der Waals surface area contributed by atoms with Crippen LogP contribution in [0.15, 0.2) is 0 Å². The summed E-state index contributed by atoms with van der Waals surface area (Å²) in [6.07, 6.45) is 0.997. The molecule has 31 heavy (non-hydrogen) atoms. The molecule has 1 atom stereocenters. The molecule has 4 N–H and O–H groups in total. The van der Waals surface area contributed by atoms with Gasteiger partial charge in [-0.25, -0.2) is 0 Å². The molecule has 0 aromatic heterocycles. The molecule has 188 valence electrons. The van der Waals surface area contributed by atoms with Crippen LogP contribution in [0.3, 0.4) is 0 Å². The van der Waals surface area contributed by atoms with Gasteiger partial charge in [0.25, 0.3) is 0 Å². The van der Waals surface area contributed by atoms with Crippen LogP contribution in [-0.4, -0.2) is 63.5 Å².